The standard InChI is InChI=1S/C42H29NO/c1-2-11-31(12-3-1)43(39-18-9-16-37-35(39)27-24-30-21-20-28-10-4-5-13-33(28)41(30)37)32-25-22-29(23-26-32)34-15-8-17-38-36-14-6-7-19-40(36)44-42(34)38/h1-13,15-27,36H,14H2. The Bertz CT molecular complexity index is 2280. The number of ether oxygens (including phenoxy) is 1. The van der Waals surface area contributed by atoms with E-state index in [4.69, 9.17) is 4.74 Å². The summed E-state index contributed by atoms with van der Waals surface area (Å²) in [6.07, 6.45) is 7.42. The predicted molar refractivity (Wildman–Crippen MR) is 184 cm³/mol. The lowest BCUT2D eigenvalue weighted by Gasteiger charge is -2.27. The van der Waals surface area contributed by atoms with E-state index in [2.05, 4.69) is 163 Å². The molecule has 2 nitrogen and oxygen atoms in total. The van der Waals surface area contributed by atoms with Gasteiger partial charge in [-0.05, 0) is 75.3 Å². The van der Waals surface area contributed by atoms with Crippen LogP contribution in [-0.2, 0) is 0 Å². The van der Waals surface area contributed by atoms with Gasteiger partial charge < -0.3 is 9.64 Å². The lowest BCUT2D eigenvalue weighted by Crippen LogP contribution is -2.10. The largest absolute Gasteiger partial charge is 0.460 e. The van der Waals surface area contributed by atoms with Crippen molar-refractivity contribution in [2.45, 2.75) is 12.3 Å². The molecule has 0 bridgehead atoms. The van der Waals surface area contributed by atoms with Gasteiger partial charge in [0.1, 0.15) is 11.5 Å². The van der Waals surface area contributed by atoms with E-state index in [1.807, 2.05) is 0 Å². The van der Waals surface area contributed by atoms with Gasteiger partial charge in [0, 0.05) is 33.8 Å². The van der Waals surface area contributed by atoms with Crippen LogP contribution in [0.2, 0.25) is 0 Å². The number of para-hydroxylation sites is 2. The Hall–Kier alpha value is -5.60. The molecule has 1 aliphatic carbocycles. The predicted octanol–water partition coefficient (Wildman–Crippen LogP) is 11.6. The SMILES string of the molecule is C1=CCC2C(=C1)Oc1c(-c3ccc(N(c4ccccc4)c4cccc5c4ccc4ccc6ccccc6c45)cc3)cccc12. The van der Waals surface area contributed by atoms with Gasteiger partial charge in [0.25, 0.3) is 0 Å². The van der Waals surface area contributed by atoms with Gasteiger partial charge in [0.15, 0.2) is 0 Å². The van der Waals surface area contributed by atoms with Gasteiger partial charge in [0.2, 0.25) is 0 Å². The van der Waals surface area contributed by atoms with Crippen LogP contribution < -0.4 is 9.64 Å². The van der Waals surface area contributed by atoms with Gasteiger partial charge >= 0.3 is 0 Å². The first kappa shape index (κ1) is 24.9. The van der Waals surface area contributed by atoms with Gasteiger partial charge in [-0.3, -0.25) is 0 Å². The average Bonchev–Trinajstić information content (AvgIpc) is 3.48. The molecule has 0 radical (unpaired) electrons. The third-order valence-corrected chi connectivity index (χ3v) is 9.19. The average molecular weight is 564 g/mol. The Morgan fingerprint density at radius 3 is 2.23 bits per heavy atom. The summed E-state index contributed by atoms with van der Waals surface area (Å²) >= 11 is 0. The Kier molecular flexibility index (Phi) is 5.67. The fraction of sp³-hybridized carbons (Fsp3) is 0.0476. The molecule has 2 aliphatic rings. The molecule has 0 spiro atoms. The zero-order valence-corrected chi connectivity index (χ0v) is 24.2. The molecule has 0 fully saturated rings. The molecule has 0 saturated heterocycles. The molecular weight excluding hydrogens is 534 g/mol. The zero-order valence-electron chi connectivity index (χ0n) is 24.2. The molecule has 0 saturated carbocycles. The van der Waals surface area contributed by atoms with E-state index in [1.54, 1.807) is 0 Å². The van der Waals surface area contributed by atoms with Crippen LogP contribution in [0.4, 0.5) is 17.1 Å². The van der Waals surface area contributed by atoms with Crippen LogP contribution in [0.25, 0.3) is 43.4 Å². The summed E-state index contributed by atoms with van der Waals surface area (Å²) in [5.41, 5.74) is 6.96. The summed E-state index contributed by atoms with van der Waals surface area (Å²) in [6.45, 7) is 0. The van der Waals surface area contributed by atoms with Crippen molar-refractivity contribution in [1.82, 2.24) is 0 Å². The smallest absolute Gasteiger partial charge is 0.138 e. The van der Waals surface area contributed by atoms with Gasteiger partial charge in [0.05, 0.1) is 5.69 Å². The highest BCUT2D eigenvalue weighted by atomic mass is 16.5. The van der Waals surface area contributed by atoms with Crippen molar-refractivity contribution in [2.24, 2.45) is 0 Å². The van der Waals surface area contributed by atoms with E-state index in [-0.39, 0.29) is 0 Å². The summed E-state index contributed by atoms with van der Waals surface area (Å²) in [5.74, 6) is 2.37. The molecule has 7 aromatic carbocycles. The maximum absolute atomic E-state index is 6.43. The minimum absolute atomic E-state index is 0.322. The second-order valence-corrected chi connectivity index (χ2v) is 11.7. The fourth-order valence-corrected chi connectivity index (χ4v) is 7.12. The quantitative estimate of drug-likeness (QED) is 0.198. The van der Waals surface area contributed by atoms with Crippen LogP contribution in [0.15, 0.2) is 164 Å². The maximum atomic E-state index is 6.43. The van der Waals surface area contributed by atoms with E-state index in [0.29, 0.717) is 5.92 Å². The number of nitrogens with zero attached hydrogens (tertiary/aromatic N) is 1. The first-order chi connectivity index (χ1) is 21.8. The molecule has 2 heteroatoms. The van der Waals surface area contributed by atoms with E-state index < -0.39 is 0 Å². The summed E-state index contributed by atoms with van der Waals surface area (Å²) in [6, 6.07) is 50.5. The molecule has 1 aliphatic heterocycles. The molecule has 0 amide bonds. The molecule has 1 atom stereocenters. The van der Waals surface area contributed by atoms with Crippen LogP contribution in [-0.4, -0.2) is 0 Å². The topological polar surface area (TPSA) is 12.5 Å². The van der Waals surface area contributed by atoms with E-state index in [1.165, 1.54) is 37.9 Å². The number of rotatable bonds is 4. The highest BCUT2D eigenvalue weighted by molar-refractivity contribution is 6.22. The Morgan fingerprint density at radius 1 is 0.568 bits per heavy atom. The highest BCUT2D eigenvalue weighted by Gasteiger charge is 2.31. The van der Waals surface area contributed by atoms with Crippen LogP contribution in [0.5, 0.6) is 5.75 Å². The number of hydrogen-bond acceptors (Lipinski definition) is 2. The molecule has 9 rings (SSSR count). The molecule has 1 heterocycles. The molecule has 0 N–H and O–H groups in total. The van der Waals surface area contributed by atoms with Crippen molar-refractivity contribution in [3.63, 3.8) is 0 Å². The first-order valence-corrected chi connectivity index (χ1v) is 15.3. The molecule has 7 aromatic rings. The number of allylic oxidation sites excluding steroid dienone is 4. The monoisotopic (exact) mass is 563 g/mol. The minimum atomic E-state index is 0.322. The summed E-state index contributed by atoms with van der Waals surface area (Å²) in [4.78, 5) is 2.38. The number of hydrogen-bond donors (Lipinski definition) is 0. The molecule has 0 aromatic heterocycles. The van der Waals surface area contributed by atoms with E-state index >= 15 is 0 Å². The van der Waals surface area contributed by atoms with Crippen molar-refractivity contribution in [1.29, 1.82) is 0 Å². The zero-order chi connectivity index (χ0) is 29.0. The summed E-state index contributed by atoms with van der Waals surface area (Å²) < 4.78 is 6.43. The van der Waals surface area contributed by atoms with Crippen LogP contribution in [0.3, 0.4) is 0 Å². The third-order valence-electron chi connectivity index (χ3n) is 9.19. The van der Waals surface area contributed by atoms with E-state index in [9.17, 15) is 0 Å². The highest BCUT2D eigenvalue weighted by Crippen LogP contribution is 2.49. The molecular formula is C42H29NO. The summed E-state index contributed by atoms with van der Waals surface area (Å²) in [5, 5.41) is 7.59. The van der Waals surface area contributed by atoms with Crippen LogP contribution >= 0.6 is 0 Å². The van der Waals surface area contributed by atoms with Gasteiger partial charge in [-0.1, -0.05) is 121 Å². The number of benzene rings is 7. The normalized spacial score (nSPS) is 15.2. The number of anilines is 3. The van der Waals surface area contributed by atoms with Crippen molar-refractivity contribution in [3.05, 3.63) is 169 Å². The second kappa shape index (κ2) is 10.00. The van der Waals surface area contributed by atoms with Crippen LogP contribution in [0, 0.1) is 0 Å². The third kappa shape index (κ3) is 3.88. The van der Waals surface area contributed by atoms with Crippen molar-refractivity contribution in [3.8, 4) is 16.9 Å². The minimum Gasteiger partial charge on any atom is -0.460 e. The van der Waals surface area contributed by atoms with Crippen LogP contribution in [0.1, 0.15) is 17.9 Å². The van der Waals surface area contributed by atoms with E-state index in [0.717, 1.165) is 46.1 Å². The lowest BCUT2D eigenvalue weighted by atomic mass is 9.90. The molecule has 1 unspecified atom stereocenters. The second-order valence-electron chi connectivity index (χ2n) is 11.7. The van der Waals surface area contributed by atoms with Crippen molar-refractivity contribution in [2.75, 3.05) is 4.90 Å². The van der Waals surface area contributed by atoms with Crippen molar-refractivity contribution < 1.29 is 4.74 Å². The maximum Gasteiger partial charge on any atom is 0.138 e. The van der Waals surface area contributed by atoms with Crippen molar-refractivity contribution >= 4 is 49.4 Å². The first-order valence-electron chi connectivity index (χ1n) is 15.3. The Morgan fingerprint density at radius 2 is 1.32 bits per heavy atom. The van der Waals surface area contributed by atoms with Gasteiger partial charge in [-0.2, -0.15) is 0 Å². The lowest BCUT2D eigenvalue weighted by molar-refractivity contribution is 0.426. The fourth-order valence-electron chi connectivity index (χ4n) is 7.12. The van der Waals surface area contributed by atoms with Gasteiger partial charge in [-0.25, -0.2) is 0 Å². The molecule has 44 heavy (non-hydrogen) atoms. The van der Waals surface area contributed by atoms with Gasteiger partial charge in [-0.15, -0.1) is 0 Å². The Balaban J connectivity index is 1.20. The summed E-state index contributed by atoms with van der Waals surface area (Å²) in [7, 11) is 0. The molecule has 208 valence electrons. The number of fused-ring (bicyclic) bond motifs is 8. The Labute approximate surface area is 256 Å².